The lowest BCUT2D eigenvalue weighted by Crippen LogP contribution is -2.37. The second kappa shape index (κ2) is 12.3. The van der Waals surface area contributed by atoms with E-state index in [9.17, 15) is 14.9 Å². The van der Waals surface area contributed by atoms with Crippen LogP contribution < -0.4 is 14.8 Å². The van der Waals surface area contributed by atoms with Gasteiger partial charge >= 0.3 is 0 Å². The Kier molecular flexibility index (Phi) is 9.24. The molecule has 3 rings (SSSR count). The molecule has 1 heterocycles. The van der Waals surface area contributed by atoms with Crippen molar-refractivity contribution in [3.05, 3.63) is 63.2 Å². The van der Waals surface area contributed by atoms with Gasteiger partial charge in [0.05, 0.1) is 24.7 Å². The standard InChI is InChI=1S/C25H33N3O6/c1-18-8-6-7-11-27(18)17-20-10-5-4-9-19(20)16-26-25(29)21-14-23(33-3)24(34-13-12-32-2)15-22(21)28(30)31/h4-5,9-10,14-15,18H,6-8,11-13,16-17H2,1-3H3,(H,26,29). The third-order valence-electron chi connectivity index (χ3n) is 6.14. The number of piperidine rings is 1. The van der Waals surface area contributed by atoms with Crippen LogP contribution in [0.25, 0.3) is 0 Å². The maximum Gasteiger partial charge on any atom is 0.286 e. The first kappa shape index (κ1) is 25.5. The van der Waals surface area contributed by atoms with Crippen LogP contribution in [0.2, 0.25) is 0 Å². The van der Waals surface area contributed by atoms with Gasteiger partial charge < -0.3 is 19.5 Å². The van der Waals surface area contributed by atoms with Crippen LogP contribution in [0.4, 0.5) is 5.69 Å². The SMILES string of the molecule is COCCOc1cc([N+](=O)[O-])c(C(=O)NCc2ccccc2CN2CCCCC2C)cc1OC. The summed E-state index contributed by atoms with van der Waals surface area (Å²) in [5.41, 5.74) is 1.71. The van der Waals surface area contributed by atoms with Crippen LogP contribution in [-0.4, -0.2) is 55.8 Å². The maximum atomic E-state index is 13.0. The average molecular weight is 472 g/mol. The minimum Gasteiger partial charge on any atom is -0.493 e. The molecule has 9 nitrogen and oxygen atoms in total. The van der Waals surface area contributed by atoms with Gasteiger partial charge in [-0.25, -0.2) is 0 Å². The Hall–Kier alpha value is -3.17. The quantitative estimate of drug-likeness (QED) is 0.301. The van der Waals surface area contributed by atoms with Crippen LogP contribution in [0.15, 0.2) is 36.4 Å². The number of carbonyl (C=O) groups is 1. The van der Waals surface area contributed by atoms with Gasteiger partial charge in [-0.1, -0.05) is 30.7 Å². The monoisotopic (exact) mass is 471 g/mol. The highest BCUT2D eigenvalue weighted by molar-refractivity contribution is 5.99. The van der Waals surface area contributed by atoms with Crippen molar-refractivity contribution >= 4 is 11.6 Å². The summed E-state index contributed by atoms with van der Waals surface area (Å²) in [6.07, 6.45) is 3.64. The number of hydrogen-bond acceptors (Lipinski definition) is 7. The molecular formula is C25H33N3O6. The van der Waals surface area contributed by atoms with E-state index >= 15 is 0 Å². The summed E-state index contributed by atoms with van der Waals surface area (Å²) in [7, 11) is 2.95. The van der Waals surface area contributed by atoms with Crippen molar-refractivity contribution < 1.29 is 23.9 Å². The summed E-state index contributed by atoms with van der Waals surface area (Å²) in [6.45, 7) is 4.90. The number of carbonyl (C=O) groups excluding carboxylic acids is 1. The Morgan fingerprint density at radius 2 is 1.91 bits per heavy atom. The van der Waals surface area contributed by atoms with Gasteiger partial charge in [0.1, 0.15) is 12.2 Å². The van der Waals surface area contributed by atoms with E-state index in [-0.39, 0.29) is 35.9 Å². The molecule has 0 spiro atoms. The van der Waals surface area contributed by atoms with Crippen LogP contribution >= 0.6 is 0 Å². The summed E-state index contributed by atoms with van der Waals surface area (Å²) in [5, 5.41) is 14.5. The molecule has 1 aliphatic heterocycles. The second-order valence-electron chi connectivity index (χ2n) is 8.39. The molecule has 0 bridgehead atoms. The molecule has 0 saturated carbocycles. The normalized spacial score (nSPS) is 16.1. The molecule has 1 fully saturated rings. The first-order valence-electron chi connectivity index (χ1n) is 11.5. The number of rotatable bonds is 11. The number of nitrogens with one attached hydrogen (secondary N) is 1. The zero-order valence-corrected chi connectivity index (χ0v) is 20.0. The summed E-state index contributed by atoms with van der Waals surface area (Å²) < 4.78 is 15.8. The third-order valence-corrected chi connectivity index (χ3v) is 6.14. The zero-order chi connectivity index (χ0) is 24.5. The van der Waals surface area contributed by atoms with Crippen molar-refractivity contribution in [1.82, 2.24) is 10.2 Å². The largest absolute Gasteiger partial charge is 0.493 e. The van der Waals surface area contributed by atoms with Crippen molar-refractivity contribution in [3.63, 3.8) is 0 Å². The molecule has 34 heavy (non-hydrogen) atoms. The predicted molar refractivity (Wildman–Crippen MR) is 128 cm³/mol. The first-order chi connectivity index (χ1) is 16.4. The zero-order valence-electron chi connectivity index (χ0n) is 20.0. The Balaban J connectivity index is 1.76. The van der Waals surface area contributed by atoms with Crippen LogP contribution in [0, 0.1) is 10.1 Å². The van der Waals surface area contributed by atoms with Gasteiger partial charge in [-0.05, 0) is 37.4 Å². The maximum absolute atomic E-state index is 13.0. The van der Waals surface area contributed by atoms with Crippen molar-refractivity contribution in [3.8, 4) is 11.5 Å². The van der Waals surface area contributed by atoms with Crippen molar-refractivity contribution in [2.45, 2.75) is 45.3 Å². The number of likely N-dealkylation sites (tertiary alicyclic amines) is 1. The number of nitro benzene ring substituents is 1. The molecule has 1 unspecified atom stereocenters. The number of hydrogen-bond donors (Lipinski definition) is 1. The molecule has 1 saturated heterocycles. The van der Waals surface area contributed by atoms with Gasteiger partial charge in [-0.15, -0.1) is 0 Å². The second-order valence-corrected chi connectivity index (χ2v) is 8.39. The molecule has 1 N–H and O–H groups in total. The predicted octanol–water partition coefficient (Wildman–Crippen LogP) is 3.93. The summed E-state index contributed by atoms with van der Waals surface area (Å²) >= 11 is 0. The molecule has 0 aromatic heterocycles. The van der Waals surface area contributed by atoms with E-state index in [2.05, 4.69) is 23.2 Å². The molecule has 0 radical (unpaired) electrons. The van der Waals surface area contributed by atoms with E-state index in [1.54, 1.807) is 0 Å². The Labute approximate surface area is 200 Å². The van der Waals surface area contributed by atoms with Crippen molar-refractivity contribution in [1.29, 1.82) is 0 Å². The summed E-state index contributed by atoms with van der Waals surface area (Å²) in [5.74, 6) is -0.121. The molecule has 1 aliphatic rings. The average Bonchev–Trinajstić information content (AvgIpc) is 2.84. The van der Waals surface area contributed by atoms with E-state index in [1.807, 2.05) is 18.2 Å². The molecule has 9 heteroatoms. The third kappa shape index (κ3) is 6.45. The highest BCUT2D eigenvalue weighted by atomic mass is 16.6. The van der Waals surface area contributed by atoms with Gasteiger partial charge in [0.25, 0.3) is 11.6 Å². The van der Waals surface area contributed by atoms with E-state index < -0.39 is 10.8 Å². The van der Waals surface area contributed by atoms with Gasteiger partial charge in [-0.3, -0.25) is 19.8 Å². The lowest BCUT2D eigenvalue weighted by atomic mass is 10.0. The fourth-order valence-electron chi connectivity index (χ4n) is 4.16. The van der Waals surface area contributed by atoms with E-state index in [4.69, 9.17) is 14.2 Å². The molecule has 0 aliphatic carbocycles. The number of benzene rings is 2. The Morgan fingerprint density at radius 3 is 2.59 bits per heavy atom. The smallest absolute Gasteiger partial charge is 0.286 e. The van der Waals surface area contributed by atoms with Crippen LogP contribution in [-0.2, 0) is 17.8 Å². The molecule has 2 aromatic rings. The van der Waals surface area contributed by atoms with Crippen molar-refractivity contribution in [2.75, 3.05) is 34.0 Å². The molecule has 184 valence electrons. The minimum absolute atomic E-state index is 0.0805. The molecule has 1 atom stereocenters. The molecule has 2 aromatic carbocycles. The molecular weight excluding hydrogens is 438 g/mol. The number of amides is 1. The minimum atomic E-state index is -0.594. The van der Waals surface area contributed by atoms with E-state index in [1.165, 1.54) is 45.6 Å². The number of nitro groups is 1. The van der Waals surface area contributed by atoms with Gasteiger partial charge in [0, 0.05) is 32.3 Å². The van der Waals surface area contributed by atoms with E-state index in [0.29, 0.717) is 12.6 Å². The van der Waals surface area contributed by atoms with Gasteiger partial charge in [0.2, 0.25) is 0 Å². The fourth-order valence-corrected chi connectivity index (χ4v) is 4.16. The van der Waals surface area contributed by atoms with E-state index in [0.717, 1.165) is 24.2 Å². The van der Waals surface area contributed by atoms with Gasteiger partial charge in [-0.2, -0.15) is 0 Å². The Morgan fingerprint density at radius 1 is 1.15 bits per heavy atom. The van der Waals surface area contributed by atoms with Crippen LogP contribution in [0.1, 0.15) is 47.7 Å². The lowest BCUT2D eigenvalue weighted by molar-refractivity contribution is -0.385. The number of methoxy groups -OCH3 is 2. The fraction of sp³-hybridized carbons (Fsp3) is 0.480. The van der Waals surface area contributed by atoms with Crippen LogP contribution in [0.5, 0.6) is 11.5 Å². The topological polar surface area (TPSA) is 103 Å². The van der Waals surface area contributed by atoms with Crippen LogP contribution in [0.3, 0.4) is 0 Å². The number of nitrogens with zero attached hydrogens (tertiary/aromatic N) is 2. The van der Waals surface area contributed by atoms with Crippen molar-refractivity contribution in [2.24, 2.45) is 0 Å². The highest BCUT2D eigenvalue weighted by Crippen LogP contribution is 2.35. The first-order valence-corrected chi connectivity index (χ1v) is 11.5. The molecule has 1 amide bonds. The van der Waals surface area contributed by atoms with Gasteiger partial charge in [0.15, 0.2) is 11.5 Å². The summed E-state index contributed by atoms with van der Waals surface area (Å²) in [6, 6.07) is 11.1. The summed E-state index contributed by atoms with van der Waals surface area (Å²) in [4.78, 5) is 26.5. The highest BCUT2D eigenvalue weighted by Gasteiger charge is 2.25. The lowest BCUT2D eigenvalue weighted by Gasteiger charge is -2.33. The number of ether oxygens (including phenoxy) is 3. The Bertz CT molecular complexity index is 997.